The minimum absolute atomic E-state index is 0.264. The van der Waals surface area contributed by atoms with Crippen LogP contribution >= 0.6 is 23.2 Å². The van der Waals surface area contributed by atoms with E-state index in [9.17, 15) is 4.79 Å². The van der Waals surface area contributed by atoms with Crippen LogP contribution in [0.5, 0.6) is 5.75 Å². The first-order valence-corrected chi connectivity index (χ1v) is 8.74. The van der Waals surface area contributed by atoms with E-state index in [1.807, 2.05) is 49.4 Å². The van der Waals surface area contributed by atoms with Crippen molar-refractivity contribution in [1.82, 2.24) is 0 Å². The third kappa shape index (κ3) is 4.06. The highest BCUT2D eigenvalue weighted by Gasteiger charge is 2.20. The van der Waals surface area contributed by atoms with Gasteiger partial charge in [0.1, 0.15) is 5.75 Å². The van der Waals surface area contributed by atoms with E-state index in [0.29, 0.717) is 27.9 Å². The van der Waals surface area contributed by atoms with Gasteiger partial charge in [0, 0.05) is 0 Å². The number of rotatable bonds is 5. The van der Waals surface area contributed by atoms with Gasteiger partial charge in [-0.1, -0.05) is 66.5 Å². The van der Waals surface area contributed by atoms with Crippen LogP contribution < -0.4 is 10.1 Å². The fraction of sp³-hybridized carbons (Fsp3) is 0.150. The lowest BCUT2D eigenvalue weighted by atomic mass is 10.1. The zero-order chi connectivity index (χ0) is 17.8. The quantitative estimate of drug-likeness (QED) is 0.600. The van der Waals surface area contributed by atoms with Crippen LogP contribution in [0.2, 0.25) is 10.0 Å². The number of amides is 1. The molecule has 5 heteroatoms. The molecule has 3 aromatic rings. The zero-order valence-electron chi connectivity index (χ0n) is 13.6. The second kappa shape index (κ2) is 7.77. The summed E-state index contributed by atoms with van der Waals surface area (Å²) in [6.07, 6.45) is -0.104. The molecule has 0 aromatic heterocycles. The van der Waals surface area contributed by atoms with Crippen molar-refractivity contribution in [3.63, 3.8) is 0 Å². The van der Waals surface area contributed by atoms with Crippen molar-refractivity contribution in [1.29, 1.82) is 0 Å². The molecule has 0 aliphatic heterocycles. The molecule has 3 nitrogen and oxygen atoms in total. The van der Waals surface area contributed by atoms with Crippen LogP contribution in [0.15, 0.2) is 60.7 Å². The van der Waals surface area contributed by atoms with E-state index >= 15 is 0 Å². The first-order valence-electron chi connectivity index (χ1n) is 7.99. The first-order chi connectivity index (χ1) is 12.1. The van der Waals surface area contributed by atoms with Crippen LogP contribution in [0.1, 0.15) is 13.3 Å². The maximum absolute atomic E-state index is 12.5. The maximum Gasteiger partial charge on any atom is 0.265 e. The number of anilines is 1. The summed E-state index contributed by atoms with van der Waals surface area (Å²) < 4.78 is 5.89. The Balaban J connectivity index is 1.76. The summed E-state index contributed by atoms with van der Waals surface area (Å²) in [5.74, 6) is 0.387. The van der Waals surface area contributed by atoms with Gasteiger partial charge in [-0.3, -0.25) is 4.79 Å². The fourth-order valence-electron chi connectivity index (χ4n) is 2.54. The van der Waals surface area contributed by atoms with Gasteiger partial charge < -0.3 is 10.1 Å². The van der Waals surface area contributed by atoms with Crippen LogP contribution in [0.4, 0.5) is 5.69 Å². The highest BCUT2D eigenvalue weighted by Crippen LogP contribution is 2.30. The molecule has 0 aliphatic carbocycles. The Labute approximate surface area is 156 Å². The number of carbonyl (C=O) groups excluding carboxylic acids is 1. The van der Waals surface area contributed by atoms with Gasteiger partial charge in [-0.25, -0.2) is 0 Å². The summed E-state index contributed by atoms with van der Waals surface area (Å²) in [4.78, 5) is 12.5. The van der Waals surface area contributed by atoms with Gasteiger partial charge in [0.2, 0.25) is 0 Å². The van der Waals surface area contributed by atoms with E-state index in [1.54, 1.807) is 18.2 Å². The van der Waals surface area contributed by atoms with Gasteiger partial charge in [0.25, 0.3) is 5.91 Å². The second-order valence-electron chi connectivity index (χ2n) is 5.61. The molecule has 1 N–H and O–H groups in total. The van der Waals surface area contributed by atoms with E-state index in [0.717, 1.165) is 10.8 Å². The molecule has 0 spiro atoms. The Bertz CT molecular complexity index is 911. The Morgan fingerprint density at radius 3 is 2.56 bits per heavy atom. The molecule has 0 heterocycles. The molecule has 0 bridgehead atoms. The second-order valence-corrected chi connectivity index (χ2v) is 6.40. The van der Waals surface area contributed by atoms with Crippen molar-refractivity contribution < 1.29 is 9.53 Å². The largest absolute Gasteiger partial charge is 0.481 e. The van der Waals surface area contributed by atoms with E-state index in [4.69, 9.17) is 27.9 Å². The van der Waals surface area contributed by atoms with Gasteiger partial charge in [-0.15, -0.1) is 0 Å². The highest BCUT2D eigenvalue weighted by molar-refractivity contribution is 6.44. The number of benzene rings is 3. The van der Waals surface area contributed by atoms with Crippen molar-refractivity contribution in [3.05, 3.63) is 70.7 Å². The van der Waals surface area contributed by atoms with E-state index in [2.05, 4.69) is 5.32 Å². The molecule has 1 amide bonds. The summed E-state index contributed by atoms with van der Waals surface area (Å²) >= 11 is 12.1. The number of fused-ring (bicyclic) bond motifs is 1. The van der Waals surface area contributed by atoms with Crippen molar-refractivity contribution in [2.75, 3.05) is 5.32 Å². The van der Waals surface area contributed by atoms with Crippen LogP contribution in [0.3, 0.4) is 0 Å². The Morgan fingerprint density at radius 2 is 1.80 bits per heavy atom. The van der Waals surface area contributed by atoms with Crippen LogP contribution in [-0.4, -0.2) is 12.0 Å². The first kappa shape index (κ1) is 17.6. The van der Waals surface area contributed by atoms with E-state index < -0.39 is 6.10 Å². The number of hydrogen-bond acceptors (Lipinski definition) is 2. The predicted molar refractivity (Wildman–Crippen MR) is 104 cm³/mol. The minimum Gasteiger partial charge on any atom is -0.481 e. The Kier molecular flexibility index (Phi) is 5.47. The highest BCUT2D eigenvalue weighted by atomic mass is 35.5. The third-order valence-corrected chi connectivity index (χ3v) is 4.69. The molecule has 1 unspecified atom stereocenters. The number of nitrogens with one attached hydrogen (secondary N) is 1. The average Bonchev–Trinajstić information content (AvgIpc) is 2.63. The van der Waals surface area contributed by atoms with Gasteiger partial charge in [-0.2, -0.15) is 0 Å². The fourth-order valence-corrected chi connectivity index (χ4v) is 2.89. The minimum atomic E-state index is -0.629. The van der Waals surface area contributed by atoms with Gasteiger partial charge in [-0.05, 0) is 41.5 Å². The molecular weight excluding hydrogens is 357 g/mol. The lowest BCUT2D eigenvalue weighted by Crippen LogP contribution is -2.32. The summed E-state index contributed by atoms with van der Waals surface area (Å²) in [7, 11) is 0. The smallest absolute Gasteiger partial charge is 0.265 e. The Hall–Kier alpha value is -2.23. The Morgan fingerprint density at radius 1 is 1.04 bits per heavy atom. The third-order valence-electron chi connectivity index (χ3n) is 3.87. The molecule has 0 fully saturated rings. The molecule has 0 aliphatic rings. The van der Waals surface area contributed by atoms with Crippen molar-refractivity contribution in [2.45, 2.75) is 19.4 Å². The van der Waals surface area contributed by atoms with Crippen molar-refractivity contribution in [3.8, 4) is 5.75 Å². The number of hydrogen-bond donors (Lipinski definition) is 1. The molecule has 128 valence electrons. The molecule has 25 heavy (non-hydrogen) atoms. The van der Waals surface area contributed by atoms with Crippen LogP contribution in [-0.2, 0) is 4.79 Å². The van der Waals surface area contributed by atoms with Crippen LogP contribution in [0.25, 0.3) is 10.8 Å². The van der Waals surface area contributed by atoms with Gasteiger partial charge >= 0.3 is 0 Å². The van der Waals surface area contributed by atoms with Gasteiger partial charge in [0.15, 0.2) is 6.10 Å². The lowest BCUT2D eigenvalue weighted by molar-refractivity contribution is -0.122. The van der Waals surface area contributed by atoms with Crippen molar-refractivity contribution in [2.24, 2.45) is 0 Å². The SMILES string of the molecule is CCC(Oc1ccc2ccccc2c1)C(=O)Nc1cccc(Cl)c1Cl. The standard InChI is InChI=1S/C20H17Cl2NO2/c1-2-18(20(24)23-17-9-5-8-16(21)19(17)22)25-15-11-10-13-6-3-4-7-14(13)12-15/h3-12,18H,2H2,1H3,(H,23,24). The summed E-state index contributed by atoms with van der Waals surface area (Å²) in [6, 6.07) is 18.9. The zero-order valence-corrected chi connectivity index (χ0v) is 15.1. The molecule has 0 saturated heterocycles. The molecule has 0 saturated carbocycles. The normalized spacial score (nSPS) is 12.0. The van der Waals surface area contributed by atoms with Crippen molar-refractivity contribution >= 4 is 45.6 Å². The maximum atomic E-state index is 12.5. The van der Waals surface area contributed by atoms with E-state index in [1.165, 1.54) is 0 Å². The summed E-state index contributed by atoms with van der Waals surface area (Å²) in [5.41, 5.74) is 0.472. The molecule has 3 aromatic carbocycles. The lowest BCUT2D eigenvalue weighted by Gasteiger charge is -2.18. The van der Waals surface area contributed by atoms with Crippen LogP contribution in [0, 0.1) is 0 Å². The molecule has 1 atom stereocenters. The molecule has 0 radical (unpaired) electrons. The summed E-state index contributed by atoms with van der Waals surface area (Å²) in [6.45, 7) is 1.89. The molecule has 3 rings (SSSR count). The molecular formula is C20H17Cl2NO2. The average molecular weight is 374 g/mol. The number of carbonyl (C=O) groups is 1. The van der Waals surface area contributed by atoms with E-state index in [-0.39, 0.29) is 5.91 Å². The predicted octanol–water partition coefficient (Wildman–Crippen LogP) is 5.94. The number of ether oxygens (including phenoxy) is 1. The monoisotopic (exact) mass is 373 g/mol. The van der Waals surface area contributed by atoms with Gasteiger partial charge in [0.05, 0.1) is 15.7 Å². The number of halogens is 2. The topological polar surface area (TPSA) is 38.3 Å². The summed E-state index contributed by atoms with van der Waals surface area (Å²) in [5, 5.41) is 5.67.